The summed E-state index contributed by atoms with van der Waals surface area (Å²) in [5.41, 5.74) is 1.19. The Bertz CT molecular complexity index is 644. The third-order valence-electron chi connectivity index (χ3n) is 3.93. The van der Waals surface area contributed by atoms with Gasteiger partial charge in [0, 0.05) is 44.7 Å². The van der Waals surface area contributed by atoms with Crippen molar-refractivity contribution in [3.63, 3.8) is 0 Å². The Morgan fingerprint density at radius 3 is 2.60 bits per heavy atom. The molecule has 1 aromatic rings. The molecule has 1 aliphatic heterocycles. The van der Waals surface area contributed by atoms with E-state index in [4.69, 9.17) is 0 Å². The van der Waals surface area contributed by atoms with E-state index in [0.29, 0.717) is 13.1 Å². The van der Waals surface area contributed by atoms with Gasteiger partial charge < -0.3 is 10.2 Å². The Kier molecular flexibility index (Phi) is 8.05. The molecule has 0 aromatic heterocycles. The molecule has 1 fully saturated rings. The monoisotopic (exact) mass is 384 g/mol. The maximum absolute atomic E-state index is 12.4. The topological polar surface area (TPSA) is 65.0 Å². The lowest BCUT2D eigenvalue weighted by Crippen LogP contribution is -2.41. The predicted molar refractivity (Wildman–Crippen MR) is 107 cm³/mol. The molecule has 1 aliphatic rings. The van der Waals surface area contributed by atoms with E-state index in [1.165, 1.54) is 5.56 Å². The van der Waals surface area contributed by atoms with Crippen molar-refractivity contribution >= 4 is 27.7 Å². The maximum atomic E-state index is 12.4. The van der Waals surface area contributed by atoms with Crippen LogP contribution in [0.4, 0.5) is 0 Å². The molecule has 0 bridgehead atoms. The number of hydrogen-bond donors (Lipinski definition) is 1. The summed E-state index contributed by atoms with van der Waals surface area (Å²) < 4.78 is 26.4. The van der Waals surface area contributed by atoms with Gasteiger partial charge in [-0.25, -0.2) is 12.7 Å². The number of aliphatic imine (C=N–C) groups is 1. The lowest BCUT2D eigenvalue weighted by Gasteiger charge is -2.25. The Morgan fingerprint density at radius 1 is 1.28 bits per heavy atom. The molecule has 25 heavy (non-hydrogen) atoms. The summed E-state index contributed by atoms with van der Waals surface area (Å²) in [7, 11) is -1.25. The fourth-order valence-corrected chi connectivity index (χ4v) is 5.08. The largest absolute Gasteiger partial charge is 0.357 e. The molecular formula is C17H28N4O2S2. The summed E-state index contributed by atoms with van der Waals surface area (Å²) in [5.74, 6) is 2.55. The van der Waals surface area contributed by atoms with E-state index in [9.17, 15) is 8.42 Å². The molecule has 8 heteroatoms. The van der Waals surface area contributed by atoms with Crippen molar-refractivity contribution in [2.45, 2.75) is 13.5 Å². The highest BCUT2D eigenvalue weighted by molar-refractivity contribution is 7.99. The van der Waals surface area contributed by atoms with Gasteiger partial charge in [0.15, 0.2) is 5.96 Å². The number of thioether (sulfide) groups is 1. The fraction of sp³-hybridized carbons (Fsp3) is 0.588. The third kappa shape index (κ3) is 6.52. The third-order valence-corrected chi connectivity index (χ3v) is 6.73. The first-order chi connectivity index (χ1) is 12.0. The van der Waals surface area contributed by atoms with Crippen molar-refractivity contribution in [1.29, 1.82) is 0 Å². The minimum atomic E-state index is -3.21. The SMILES string of the molecule is CCNC(=NCCS(=O)(=O)N1CCSCC1)N(C)Cc1ccccc1. The van der Waals surface area contributed by atoms with Gasteiger partial charge in [0.05, 0.1) is 12.3 Å². The average Bonchev–Trinajstić information content (AvgIpc) is 2.62. The highest BCUT2D eigenvalue weighted by Crippen LogP contribution is 2.13. The number of nitrogens with zero attached hydrogens (tertiary/aromatic N) is 3. The van der Waals surface area contributed by atoms with Crippen LogP contribution in [0.1, 0.15) is 12.5 Å². The molecule has 1 N–H and O–H groups in total. The van der Waals surface area contributed by atoms with Crippen molar-refractivity contribution in [1.82, 2.24) is 14.5 Å². The highest BCUT2D eigenvalue weighted by Gasteiger charge is 2.23. The Balaban J connectivity index is 1.94. The first-order valence-corrected chi connectivity index (χ1v) is 11.4. The van der Waals surface area contributed by atoms with E-state index in [2.05, 4.69) is 22.4 Å². The molecular weight excluding hydrogens is 356 g/mol. The van der Waals surface area contributed by atoms with E-state index in [1.807, 2.05) is 37.1 Å². The molecule has 1 heterocycles. The number of benzene rings is 1. The Morgan fingerprint density at radius 2 is 1.96 bits per heavy atom. The van der Waals surface area contributed by atoms with Gasteiger partial charge in [0.2, 0.25) is 10.0 Å². The smallest absolute Gasteiger partial charge is 0.215 e. The van der Waals surface area contributed by atoms with E-state index in [1.54, 1.807) is 16.1 Å². The first kappa shape index (κ1) is 20.1. The van der Waals surface area contributed by atoms with Crippen LogP contribution in [0.5, 0.6) is 0 Å². The van der Waals surface area contributed by atoms with Crippen LogP contribution in [-0.4, -0.2) is 74.1 Å². The minimum absolute atomic E-state index is 0.0612. The lowest BCUT2D eigenvalue weighted by molar-refractivity contribution is 0.443. The molecule has 0 saturated carbocycles. The molecule has 0 spiro atoms. The van der Waals surface area contributed by atoms with Gasteiger partial charge in [0.25, 0.3) is 0 Å². The quantitative estimate of drug-likeness (QED) is 0.570. The van der Waals surface area contributed by atoms with Gasteiger partial charge in [-0.2, -0.15) is 11.8 Å². The number of rotatable bonds is 7. The van der Waals surface area contributed by atoms with Gasteiger partial charge in [0.1, 0.15) is 0 Å². The van der Waals surface area contributed by atoms with Crippen LogP contribution in [0, 0.1) is 0 Å². The van der Waals surface area contributed by atoms with Gasteiger partial charge in [-0.1, -0.05) is 30.3 Å². The van der Waals surface area contributed by atoms with Crippen molar-refractivity contribution in [2.75, 3.05) is 50.5 Å². The summed E-state index contributed by atoms with van der Waals surface area (Å²) >= 11 is 1.80. The summed E-state index contributed by atoms with van der Waals surface area (Å²) in [6, 6.07) is 10.2. The Hall–Kier alpha value is -1.25. The molecule has 0 amide bonds. The second-order valence-electron chi connectivity index (χ2n) is 5.90. The normalized spacial score (nSPS) is 16.6. The number of guanidine groups is 1. The van der Waals surface area contributed by atoms with Crippen molar-refractivity contribution in [2.24, 2.45) is 4.99 Å². The molecule has 1 saturated heterocycles. The van der Waals surface area contributed by atoms with Crippen LogP contribution >= 0.6 is 11.8 Å². The molecule has 2 rings (SSSR count). The zero-order valence-electron chi connectivity index (χ0n) is 15.0. The van der Waals surface area contributed by atoms with Crippen molar-refractivity contribution in [3.8, 4) is 0 Å². The second kappa shape index (κ2) is 10.0. The van der Waals surface area contributed by atoms with Crippen LogP contribution < -0.4 is 5.32 Å². The second-order valence-corrected chi connectivity index (χ2v) is 9.22. The van der Waals surface area contributed by atoms with Gasteiger partial charge in [-0.05, 0) is 12.5 Å². The first-order valence-electron chi connectivity index (χ1n) is 8.62. The van der Waals surface area contributed by atoms with Crippen LogP contribution in [0.3, 0.4) is 0 Å². The molecule has 0 atom stereocenters. The molecule has 6 nitrogen and oxygen atoms in total. The highest BCUT2D eigenvalue weighted by atomic mass is 32.2. The van der Waals surface area contributed by atoms with Gasteiger partial charge >= 0.3 is 0 Å². The Labute approximate surface area is 155 Å². The lowest BCUT2D eigenvalue weighted by atomic mass is 10.2. The molecule has 1 aromatic carbocycles. The maximum Gasteiger partial charge on any atom is 0.215 e. The molecule has 0 radical (unpaired) electrons. The van der Waals surface area contributed by atoms with Crippen LogP contribution in [-0.2, 0) is 16.6 Å². The van der Waals surface area contributed by atoms with Crippen LogP contribution in [0.2, 0.25) is 0 Å². The minimum Gasteiger partial charge on any atom is -0.357 e. The fourth-order valence-electron chi connectivity index (χ4n) is 2.62. The summed E-state index contributed by atoms with van der Waals surface area (Å²) in [5, 5.41) is 3.23. The number of sulfonamides is 1. The van der Waals surface area contributed by atoms with E-state index >= 15 is 0 Å². The summed E-state index contributed by atoms with van der Waals surface area (Å²) in [4.78, 5) is 6.53. The van der Waals surface area contributed by atoms with Crippen LogP contribution in [0.15, 0.2) is 35.3 Å². The van der Waals surface area contributed by atoms with Crippen LogP contribution in [0.25, 0.3) is 0 Å². The average molecular weight is 385 g/mol. The van der Waals surface area contributed by atoms with Crippen molar-refractivity contribution in [3.05, 3.63) is 35.9 Å². The molecule has 0 unspecified atom stereocenters. The standard InChI is InChI=1S/C17H28N4O2S2/c1-3-18-17(20(2)15-16-7-5-4-6-8-16)19-9-14-25(22,23)21-10-12-24-13-11-21/h4-8H,3,9-15H2,1-2H3,(H,18,19). The van der Waals surface area contributed by atoms with E-state index in [-0.39, 0.29) is 12.3 Å². The summed E-state index contributed by atoms with van der Waals surface area (Å²) in [6.07, 6.45) is 0. The van der Waals surface area contributed by atoms with Crippen molar-refractivity contribution < 1.29 is 8.42 Å². The van der Waals surface area contributed by atoms with Gasteiger partial charge in [-0.3, -0.25) is 4.99 Å². The van der Waals surface area contributed by atoms with E-state index < -0.39 is 10.0 Å². The molecule has 0 aliphatic carbocycles. The zero-order valence-corrected chi connectivity index (χ0v) is 16.7. The predicted octanol–water partition coefficient (Wildman–Crippen LogP) is 1.46. The summed E-state index contributed by atoms with van der Waals surface area (Å²) in [6.45, 7) is 4.98. The van der Waals surface area contributed by atoms with Gasteiger partial charge in [-0.15, -0.1) is 0 Å². The van der Waals surface area contributed by atoms with E-state index in [0.717, 1.165) is 30.6 Å². The zero-order chi connectivity index (χ0) is 18.1. The molecule has 140 valence electrons. The number of hydrogen-bond acceptors (Lipinski definition) is 4. The number of nitrogens with one attached hydrogen (secondary N) is 1.